The lowest BCUT2D eigenvalue weighted by atomic mass is 10.2. The summed E-state index contributed by atoms with van der Waals surface area (Å²) in [5.41, 5.74) is 6.47. The third-order valence-electron chi connectivity index (χ3n) is 6.40. The Balaban J connectivity index is 1.35. The number of rotatable bonds is 8. The van der Waals surface area contributed by atoms with Gasteiger partial charge in [0.2, 0.25) is 0 Å². The first-order valence-corrected chi connectivity index (χ1v) is 14.7. The molecule has 5 rings (SSSR count). The van der Waals surface area contributed by atoms with E-state index in [1.807, 2.05) is 0 Å². The van der Waals surface area contributed by atoms with E-state index >= 15 is 0 Å². The molecule has 4 N–H and O–H groups in total. The molecule has 2 aromatic rings. The van der Waals surface area contributed by atoms with Gasteiger partial charge in [-0.25, -0.2) is 28.4 Å². The van der Waals surface area contributed by atoms with E-state index in [1.54, 1.807) is 16.8 Å². The highest BCUT2D eigenvalue weighted by atomic mass is 31.2. The molecule has 3 aliphatic rings. The third kappa shape index (κ3) is 5.52. The fourth-order valence-electron chi connectivity index (χ4n) is 4.46. The van der Waals surface area contributed by atoms with Crippen LogP contribution in [0.25, 0.3) is 11.0 Å². The molecule has 0 radical (unpaired) electrons. The summed E-state index contributed by atoms with van der Waals surface area (Å²) in [6.45, 7) is 1.93. The topological polar surface area (TPSA) is 184 Å². The highest BCUT2D eigenvalue weighted by Gasteiger charge is 2.45. The van der Waals surface area contributed by atoms with Crippen LogP contribution in [-0.2, 0) is 32.4 Å². The molecule has 0 amide bonds. The highest BCUT2D eigenvalue weighted by molar-refractivity contribution is 7.50. The van der Waals surface area contributed by atoms with Crippen LogP contribution in [0.1, 0.15) is 12.6 Å². The van der Waals surface area contributed by atoms with Gasteiger partial charge >= 0.3 is 15.5 Å². The molecule has 2 aromatic heterocycles. The minimum Gasteiger partial charge on any atom is -0.383 e. The van der Waals surface area contributed by atoms with Crippen LogP contribution in [0.15, 0.2) is 18.6 Å². The van der Waals surface area contributed by atoms with E-state index in [9.17, 15) is 18.9 Å². The summed E-state index contributed by atoms with van der Waals surface area (Å²) in [6, 6.07) is 1.75. The number of anilines is 1. The van der Waals surface area contributed by atoms with Crippen LogP contribution >= 0.6 is 15.5 Å². The summed E-state index contributed by atoms with van der Waals surface area (Å²) in [5.74, 6) is 0.309. The Morgan fingerprint density at radius 2 is 1.67 bits per heavy atom. The zero-order chi connectivity index (χ0) is 25.3. The first-order valence-electron chi connectivity index (χ1n) is 11.6. The molecule has 3 aliphatic heterocycles. The van der Waals surface area contributed by atoms with Gasteiger partial charge in [0.25, 0.3) is 0 Å². The number of fused-ring (bicyclic) bond motifs is 1. The van der Waals surface area contributed by atoms with Crippen LogP contribution in [0, 0.1) is 0 Å². The molecule has 0 spiro atoms. The fourth-order valence-corrected chi connectivity index (χ4v) is 7.01. The second-order valence-corrected chi connectivity index (χ2v) is 12.2. The van der Waals surface area contributed by atoms with Crippen molar-refractivity contribution in [3.63, 3.8) is 0 Å². The number of aromatic nitrogens is 3. The average molecular weight is 548 g/mol. The van der Waals surface area contributed by atoms with Crippen molar-refractivity contribution in [2.45, 2.75) is 24.9 Å². The van der Waals surface area contributed by atoms with Gasteiger partial charge in [-0.05, 0) is 6.07 Å². The number of hydrogen-bond acceptors (Lipinski definition) is 10. The van der Waals surface area contributed by atoms with Crippen LogP contribution in [0.3, 0.4) is 0 Å². The lowest BCUT2D eigenvalue weighted by molar-refractivity contribution is -0.0427. The minimum atomic E-state index is -4.20. The van der Waals surface area contributed by atoms with E-state index in [2.05, 4.69) is 9.97 Å². The molecule has 15 nitrogen and oxygen atoms in total. The monoisotopic (exact) mass is 548 g/mol. The van der Waals surface area contributed by atoms with Gasteiger partial charge in [-0.3, -0.25) is 9.05 Å². The standard InChI is InChI=1S/C19H30N6O9P2/c20-18-14-1-2-25(19(14)22-13-21-18)17-11-15(34-36(28,29)24-5-9-31-10-6-24)16(33-17)12-32-35(26,27)23-3-7-30-8-4-23/h1-2,13,15-17H,3-12H2,(H,26,27)(H,28,29)(H2,20,21,22)/t15-,16+,17+/m0/s1. The lowest BCUT2D eigenvalue weighted by Crippen LogP contribution is -2.37. The molecule has 0 aromatic carbocycles. The number of morpholine rings is 2. The Labute approximate surface area is 207 Å². The molecule has 3 fully saturated rings. The Hall–Kier alpha value is -1.48. The molecular weight excluding hydrogens is 518 g/mol. The number of nitrogens with zero attached hydrogens (tertiary/aromatic N) is 5. The minimum absolute atomic E-state index is 0.171. The largest absolute Gasteiger partial charge is 0.406 e. The summed E-state index contributed by atoms with van der Waals surface area (Å²) < 4.78 is 58.1. The van der Waals surface area contributed by atoms with Crippen molar-refractivity contribution in [1.82, 2.24) is 23.9 Å². The smallest absolute Gasteiger partial charge is 0.383 e. The SMILES string of the molecule is Nc1ncnc2c1ccn2[C@H]1C[C@H](OP(=O)(O)N2CCOCC2)[C@@H](COP(=O)(O)N2CCOCC2)O1. The summed E-state index contributed by atoms with van der Waals surface area (Å²) >= 11 is 0. The van der Waals surface area contributed by atoms with Gasteiger partial charge in [0.1, 0.15) is 36.2 Å². The maximum atomic E-state index is 13.1. The quantitative estimate of drug-likeness (QED) is 0.389. The van der Waals surface area contributed by atoms with Gasteiger partial charge in [-0.15, -0.1) is 0 Å². The third-order valence-corrected chi connectivity index (χ3v) is 9.66. The lowest BCUT2D eigenvalue weighted by Gasteiger charge is -2.32. The van der Waals surface area contributed by atoms with E-state index in [4.69, 9.17) is 29.0 Å². The number of nitrogens with two attached hydrogens (primary N) is 1. The fraction of sp³-hybridized carbons (Fsp3) is 0.684. The second-order valence-electron chi connectivity index (χ2n) is 8.64. The van der Waals surface area contributed by atoms with Gasteiger partial charge in [0.15, 0.2) is 0 Å². The molecule has 17 heteroatoms. The van der Waals surface area contributed by atoms with E-state index in [1.165, 1.54) is 15.7 Å². The Morgan fingerprint density at radius 1 is 1.03 bits per heavy atom. The predicted octanol–water partition coefficient (Wildman–Crippen LogP) is 0.568. The average Bonchev–Trinajstić information content (AvgIpc) is 3.48. The normalized spacial score (nSPS) is 29.8. The van der Waals surface area contributed by atoms with Crippen molar-refractivity contribution in [2.24, 2.45) is 0 Å². The molecule has 5 atom stereocenters. The number of hydrogen-bond donors (Lipinski definition) is 3. The zero-order valence-corrected chi connectivity index (χ0v) is 21.3. The number of nitrogen functional groups attached to an aromatic ring is 1. The van der Waals surface area contributed by atoms with Crippen LogP contribution in [0.5, 0.6) is 0 Å². The van der Waals surface area contributed by atoms with Crippen LogP contribution in [0.2, 0.25) is 0 Å². The molecular formula is C19H30N6O9P2. The van der Waals surface area contributed by atoms with Crippen molar-refractivity contribution < 1.29 is 42.2 Å². The van der Waals surface area contributed by atoms with Crippen molar-refractivity contribution in [3.8, 4) is 0 Å². The Morgan fingerprint density at radius 3 is 2.33 bits per heavy atom. The summed E-state index contributed by atoms with van der Waals surface area (Å²) in [5, 5.41) is 0.631. The molecule has 200 valence electrons. The van der Waals surface area contributed by atoms with E-state index in [0.29, 0.717) is 43.3 Å². The van der Waals surface area contributed by atoms with Gasteiger partial charge in [-0.1, -0.05) is 0 Å². The van der Waals surface area contributed by atoms with Gasteiger partial charge in [0.05, 0.1) is 38.4 Å². The van der Waals surface area contributed by atoms with E-state index in [-0.39, 0.29) is 39.2 Å². The molecule has 0 bridgehead atoms. The molecule has 36 heavy (non-hydrogen) atoms. The van der Waals surface area contributed by atoms with E-state index in [0.717, 1.165) is 0 Å². The van der Waals surface area contributed by atoms with Crippen LogP contribution < -0.4 is 5.73 Å². The van der Waals surface area contributed by atoms with Crippen molar-refractivity contribution >= 4 is 32.3 Å². The maximum absolute atomic E-state index is 13.1. The summed E-state index contributed by atoms with van der Waals surface area (Å²) in [6.07, 6.45) is 0.768. The second kappa shape index (κ2) is 10.7. The molecule has 5 heterocycles. The van der Waals surface area contributed by atoms with Crippen molar-refractivity contribution in [2.75, 3.05) is 64.9 Å². The molecule has 0 aliphatic carbocycles. The number of ether oxygens (including phenoxy) is 3. The van der Waals surface area contributed by atoms with Crippen LogP contribution in [0.4, 0.5) is 5.82 Å². The molecule has 2 unspecified atom stereocenters. The van der Waals surface area contributed by atoms with Crippen LogP contribution in [-0.4, -0.2) is 105 Å². The van der Waals surface area contributed by atoms with Gasteiger partial charge < -0.3 is 34.3 Å². The maximum Gasteiger partial charge on any atom is 0.406 e. The van der Waals surface area contributed by atoms with Crippen molar-refractivity contribution in [1.29, 1.82) is 0 Å². The van der Waals surface area contributed by atoms with Gasteiger partial charge in [-0.2, -0.15) is 0 Å². The first kappa shape index (κ1) is 26.1. The Kier molecular flexibility index (Phi) is 7.78. The van der Waals surface area contributed by atoms with Crippen molar-refractivity contribution in [3.05, 3.63) is 18.6 Å². The summed E-state index contributed by atoms with van der Waals surface area (Å²) in [7, 11) is -8.33. The zero-order valence-electron chi connectivity index (χ0n) is 19.5. The van der Waals surface area contributed by atoms with E-state index < -0.39 is 33.9 Å². The molecule has 0 saturated carbocycles. The van der Waals surface area contributed by atoms with Gasteiger partial charge in [0, 0.05) is 38.8 Å². The Bertz CT molecular complexity index is 1160. The first-order chi connectivity index (χ1) is 17.2. The highest BCUT2D eigenvalue weighted by Crippen LogP contribution is 2.52. The summed E-state index contributed by atoms with van der Waals surface area (Å²) in [4.78, 5) is 29.5. The predicted molar refractivity (Wildman–Crippen MR) is 126 cm³/mol. The molecule has 3 saturated heterocycles.